The molecule has 1 amide bonds. The van der Waals surface area contributed by atoms with E-state index in [-0.39, 0.29) is 11.3 Å². The minimum absolute atomic E-state index is 0.0465. The molecule has 1 aliphatic rings. The predicted octanol–water partition coefficient (Wildman–Crippen LogP) is 0.992. The van der Waals surface area contributed by atoms with E-state index in [9.17, 15) is 4.79 Å². The number of hydrogen-bond donors (Lipinski definition) is 1. The summed E-state index contributed by atoms with van der Waals surface area (Å²) in [5.74, 6) is -0.0465. The van der Waals surface area contributed by atoms with Gasteiger partial charge in [-0.3, -0.25) is 4.79 Å². The van der Waals surface area contributed by atoms with E-state index in [0.29, 0.717) is 10.1 Å². The van der Waals surface area contributed by atoms with Gasteiger partial charge in [-0.1, -0.05) is 25.2 Å². The van der Waals surface area contributed by atoms with Gasteiger partial charge in [-0.25, -0.2) is 0 Å². The van der Waals surface area contributed by atoms with Crippen molar-refractivity contribution in [3.05, 3.63) is 5.01 Å². The number of carbonyl (C=O) groups excluding carboxylic acids is 1. The number of nitrogens with two attached hydrogens (primary N) is 1. The first kappa shape index (κ1) is 10.4. The predicted molar refractivity (Wildman–Crippen MR) is 58.6 cm³/mol. The highest BCUT2D eigenvalue weighted by Gasteiger charge is 2.33. The molecule has 15 heavy (non-hydrogen) atoms. The summed E-state index contributed by atoms with van der Waals surface area (Å²) in [7, 11) is 0. The molecule has 1 aromatic heterocycles. The van der Waals surface area contributed by atoms with Crippen LogP contribution in [0.25, 0.3) is 0 Å². The summed E-state index contributed by atoms with van der Waals surface area (Å²) in [6.45, 7) is 5.90. The highest BCUT2D eigenvalue weighted by molar-refractivity contribution is 7.16. The molecule has 0 atom stereocenters. The number of hydrogen-bond acceptors (Lipinski definition) is 5. The number of carbonyl (C=O) groups is 1. The van der Waals surface area contributed by atoms with E-state index >= 15 is 0 Å². The van der Waals surface area contributed by atoms with Crippen molar-refractivity contribution in [3.8, 4) is 0 Å². The normalized spacial score (nSPS) is 19.5. The van der Waals surface area contributed by atoms with E-state index in [1.54, 1.807) is 0 Å². The first-order chi connectivity index (χ1) is 6.98. The molecule has 0 bridgehead atoms. The van der Waals surface area contributed by atoms with Crippen molar-refractivity contribution in [2.24, 2.45) is 5.41 Å². The number of amides is 1. The van der Waals surface area contributed by atoms with E-state index in [0.717, 1.165) is 30.8 Å². The van der Waals surface area contributed by atoms with Crippen molar-refractivity contribution in [2.75, 3.05) is 18.8 Å². The molecule has 0 spiro atoms. The molecule has 2 N–H and O–H groups in total. The first-order valence-corrected chi connectivity index (χ1v) is 5.68. The third kappa shape index (κ3) is 2.09. The summed E-state index contributed by atoms with van der Waals surface area (Å²) < 4.78 is 0. The molecule has 1 saturated heterocycles. The second kappa shape index (κ2) is 3.44. The van der Waals surface area contributed by atoms with Crippen LogP contribution in [0.3, 0.4) is 0 Å². The molecule has 1 aliphatic heterocycles. The Kier molecular flexibility index (Phi) is 2.38. The van der Waals surface area contributed by atoms with Crippen molar-refractivity contribution in [1.29, 1.82) is 0 Å². The molecule has 1 fully saturated rings. The Labute approximate surface area is 92.3 Å². The molecule has 2 rings (SSSR count). The van der Waals surface area contributed by atoms with Gasteiger partial charge < -0.3 is 10.6 Å². The number of nitrogens with zero attached hydrogens (tertiary/aromatic N) is 3. The van der Waals surface area contributed by atoms with Crippen molar-refractivity contribution in [2.45, 2.75) is 20.3 Å². The molecule has 2 heterocycles. The van der Waals surface area contributed by atoms with Gasteiger partial charge >= 0.3 is 0 Å². The fourth-order valence-electron chi connectivity index (χ4n) is 1.74. The fourth-order valence-corrected chi connectivity index (χ4v) is 2.32. The van der Waals surface area contributed by atoms with Gasteiger partial charge in [0.05, 0.1) is 0 Å². The van der Waals surface area contributed by atoms with Crippen molar-refractivity contribution in [1.82, 2.24) is 15.1 Å². The van der Waals surface area contributed by atoms with Crippen LogP contribution >= 0.6 is 11.3 Å². The fraction of sp³-hybridized carbons (Fsp3) is 0.667. The van der Waals surface area contributed by atoms with Gasteiger partial charge in [-0.05, 0) is 11.8 Å². The zero-order chi connectivity index (χ0) is 11.1. The lowest BCUT2D eigenvalue weighted by Crippen LogP contribution is -2.30. The lowest BCUT2D eigenvalue weighted by molar-refractivity contribution is 0.0777. The SMILES string of the molecule is CC1(C)CCN(C(=O)c2nnc(N)s2)C1. The number of nitrogen functional groups attached to an aromatic ring is 1. The smallest absolute Gasteiger partial charge is 0.284 e. The molecule has 5 nitrogen and oxygen atoms in total. The molecule has 1 aromatic rings. The van der Waals surface area contributed by atoms with Crippen LogP contribution < -0.4 is 5.73 Å². The van der Waals surface area contributed by atoms with Crippen molar-refractivity contribution >= 4 is 22.4 Å². The Morgan fingerprint density at radius 3 is 2.73 bits per heavy atom. The Morgan fingerprint density at radius 1 is 1.53 bits per heavy atom. The minimum Gasteiger partial charge on any atom is -0.374 e. The number of aromatic nitrogens is 2. The monoisotopic (exact) mass is 226 g/mol. The van der Waals surface area contributed by atoms with Crippen molar-refractivity contribution < 1.29 is 4.79 Å². The van der Waals surface area contributed by atoms with Crippen LogP contribution in [0, 0.1) is 5.41 Å². The molecule has 0 unspecified atom stereocenters. The summed E-state index contributed by atoms with van der Waals surface area (Å²) in [6, 6.07) is 0. The average Bonchev–Trinajstić information content (AvgIpc) is 2.71. The third-order valence-corrected chi connectivity index (χ3v) is 3.33. The van der Waals surface area contributed by atoms with E-state index in [1.807, 2.05) is 4.90 Å². The van der Waals surface area contributed by atoms with Crippen LogP contribution in [-0.4, -0.2) is 34.1 Å². The molecule has 6 heteroatoms. The second-order valence-electron chi connectivity index (χ2n) is 4.59. The van der Waals surface area contributed by atoms with E-state index < -0.39 is 0 Å². The summed E-state index contributed by atoms with van der Waals surface area (Å²) in [5.41, 5.74) is 5.66. The number of likely N-dealkylation sites (tertiary alicyclic amines) is 1. The van der Waals surface area contributed by atoms with E-state index in [1.165, 1.54) is 0 Å². The van der Waals surface area contributed by atoms with Crippen molar-refractivity contribution in [3.63, 3.8) is 0 Å². The van der Waals surface area contributed by atoms with Crippen LogP contribution in [0.1, 0.15) is 30.1 Å². The van der Waals surface area contributed by atoms with Crippen LogP contribution in [0.4, 0.5) is 5.13 Å². The third-order valence-electron chi connectivity index (χ3n) is 2.59. The molecular weight excluding hydrogens is 212 g/mol. The number of rotatable bonds is 1. The topological polar surface area (TPSA) is 72.1 Å². The Bertz CT molecular complexity index is 387. The lowest BCUT2D eigenvalue weighted by atomic mass is 9.93. The molecule has 0 aromatic carbocycles. The Morgan fingerprint density at radius 2 is 2.27 bits per heavy atom. The van der Waals surface area contributed by atoms with Gasteiger partial charge in [0.15, 0.2) is 0 Å². The molecule has 0 aliphatic carbocycles. The number of anilines is 1. The van der Waals surface area contributed by atoms with Gasteiger partial charge in [-0.15, -0.1) is 10.2 Å². The first-order valence-electron chi connectivity index (χ1n) is 4.86. The lowest BCUT2D eigenvalue weighted by Gasteiger charge is -2.18. The van der Waals surface area contributed by atoms with Crippen LogP contribution in [-0.2, 0) is 0 Å². The van der Waals surface area contributed by atoms with E-state index in [4.69, 9.17) is 5.73 Å². The maximum Gasteiger partial charge on any atom is 0.284 e. The zero-order valence-electron chi connectivity index (χ0n) is 8.86. The summed E-state index contributed by atoms with van der Waals surface area (Å²) in [4.78, 5) is 13.7. The molecule has 0 radical (unpaired) electrons. The van der Waals surface area contributed by atoms with Gasteiger partial charge in [-0.2, -0.15) is 0 Å². The summed E-state index contributed by atoms with van der Waals surface area (Å²) >= 11 is 1.15. The second-order valence-corrected chi connectivity index (χ2v) is 5.60. The highest BCUT2D eigenvalue weighted by atomic mass is 32.1. The van der Waals surface area contributed by atoms with Gasteiger partial charge in [0.25, 0.3) is 5.91 Å². The van der Waals surface area contributed by atoms with E-state index in [2.05, 4.69) is 24.0 Å². The molecule has 0 saturated carbocycles. The average molecular weight is 226 g/mol. The molecular formula is C9H14N4OS. The quantitative estimate of drug-likeness (QED) is 0.775. The van der Waals surface area contributed by atoms with Crippen LogP contribution in [0.15, 0.2) is 0 Å². The Balaban J connectivity index is 2.10. The molecule has 82 valence electrons. The highest BCUT2D eigenvalue weighted by Crippen LogP contribution is 2.30. The van der Waals surface area contributed by atoms with Crippen LogP contribution in [0.5, 0.6) is 0 Å². The maximum absolute atomic E-state index is 11.9. The van der Waals surface area contributed by atoms with Crippen LogP contribution in [0.2, 0.25) is 0 Å². The minimum atomic E-state index is -0.0465. The standard InChI is InChI=1S/C9H14N4OS/c1-9(2)3-4-13(5-9)7(14)6-11-12-8(10)15-6/h3-5H2,1-2H3,(H2,10,12). The van der Waals surface area contributed by atoms with Gasteiger partial charge in [0, 0.05) is 13.1 Å². The van der Waals surface area contributed by atoms with Gasteiger partial charge in [0.2, 0.25) is 10.1 Å². The summed E-state index contributed by atoms with van der Waals surface area (Å²) in [5, 5.41) is 8.14. The van der Waals surface area contributed by atoms with Gasteiger partial charge in [0.1, 0.15) is 0 Å². The largest absolute Gasteiger partial charge is 0.374 e. The zero-order valence-corrected chi connectivity index (χ0v) is 9.67. The Hall–Kier alpha value is -1.17. The maximum atomic E-state index is 11.9. The summed E-state index contributed by atoms with van der Waals surface area (Å²) in [6.07, 6.45) is 1.03.